The predicted molar refractivity (Wildman–Crippen MR) is 114 cm³/mol. The molecule has 0 aromatic heterocycles. The molecule has 2 atom stereocenters. The number of hydrogen-bond donors (Lipinski definition) is 4. The van der Waals surface area contributed by atoms with Gasteiger partial charge in [-0.3, -0.25) is 4.79 Å². The zero-order valence-corrected chi connectivity index (χ0v) is 17.2. The molecule has 0 aliphatic heterocycles. The molecule has 1 aliphatic rings. The fourth-order valence-corrected chi connectivity index (χ4v) is 3.81. The molecular weight excluding hydrogens is 400 g/mol. The SMILES string of the molecule is C[C@@H](CC(=O)NC(CCO)C(=O)O)NC(=O)OCC1c2ccccc2-c2ccccc21. The molecule has 0 saturated heterocycles. The zero-order chi connectivity index (χ0) is 22.4. The highest BCUT2D eigenvalue weighted by molar-refractivity contribution is 5.84. The molecule has 0 bridgehead atoms. The van der Waals surface area contributed by atoms with Gasteiger partial charge in [0.15, 0.2) is 0 Å². The number of aliphatic hydroxyl groups is 1. The Hall–Kier alpha value is -3.39. The molecule has 4 N–H and O–H groups in total. The minimum absolute atomic E-state index is 0.0634. The van der Waals surface area contributed by atoms with E-state index in [0.717, 1.165) is 22.3 Å². The van der Waals surface area contributed by atoms with Gasteiger partial charge in [0.2, 0.25) is 5.91 Å². The van der Waals surface area contributed by atoms with Gasteiger partial charge < -0.3 is 25.6 Å². The normalized spacial score (nSPS) is 14.1. The number of alkyl carbamates (subject to hydrolysis) is 1. The number of ether oxygens (including phenoxy) is 1. The van der Waals surface area contributed by atoms with Gasteiger partial charge in [-0.1, -0.05) is 48.5 Å². The monoisotopic (exact) mass is 426 g/mol. The van der Waals surface area contributed by atoms with Crippen molar-refractivity contribution < 1.29 is 29.3 Å². The lowest BCUT2D eigenvalue weighted by Crippen LogP contribution is -2.44. The third kappa shape index (κ3) is 5.40. The maximum absolute atomic E-state index is 12.3. The minimum atomic E-state index is -1.22. The van der Waals surface area contributed by atoms with Crippen LogP contribution in [-0.2, 0) is 14.3 Å². The molecular formula is C23H26N2O6. The molecule has 164 valence electrons. The van der Waals surface area contributed by atoms with Crippen molar-refractivity contribution in [2.75, 3.05) is 13.2 Å². The summed E-state index contributed by atoms with van der Waals surface area (Å²) in [4.78, 5) is 35.3. The number of carboxylic acids is 1. The Kier molecular flexibility index (Phi) is 7.25. The maximum Gasteiger partial charge on any atom is 0.407 e. The molecule has 0 heterocycles. The summed E-state index contributed by atoms with van der Waals surface area (Å²) in [7, 11) is 0. The fourth-order valence-electron chi connectivity index (χ4n) is 3.81. The quantitative estimate of drug-likeness (QED) is 0.487. The van der Waals surface area contributed by atoms with Gasteiger partial charge >= 0.3 is 12.1 Å². The number of carboxylic acid groups (broad SMARTS) is 1. The van der Waals surface area contributed by atoms with E-state index in [1.54, 1.807) is 6.92 Å². The standard InChI is InChI=1S/C23H26N2O6/c1-14(12-21(27)25-20(10-11-26)22(28)29)24-23(30)31-13-19-17-8-4-2-6-15(17)16-7-3-5-9-18(16)19/h2-9,14,19-20,26H,10-13H2,1H3,(H,24,30)(H,25,27)(H,28,29)/t14-,20?/m0/s1. The highest BCUT2D eigenvalue weighted by atomic mass is 16.5. The number of benzene rings is 2. The molecule has 1 unspecified atom stereocenters. The van der Waals surface area contributed by atoms with Gasteiger partial charge in [-0.15, -0.1) is 0 Å². The Morgan fingerprint density at radius 2 is 1.58 bits per heavy atom. The molecule has 1 aliphatic carbocycles. The van der Waals surface area contributed by atoms with Gasteiger partial charge in [0.25, 0.3) is 0 Å². The Morgan fingerprint density at radius 1 is 1.00 bits per heavy atom. The lowest BCUT2D eigenvalue weighted by atomic mass is 9.98. The molecule has 2 aromatic carbocycles. The van der Waals surface area contributed by atoms with Crippen molar-refractivity contribution in [3.8, 4) is 11.1 Å². The number of fused-ring (bicyclic) bond motifs is 3. The lowest BCUT2D eigenvalue weighted by molar-refractivity contribution is -0.142. The topological polar surface area (TPSA) is 125 Å². The smallest absolute Gasteiger partial charge is 0.407 e. The summed E-state index contributed by atoms with van der Waals surface area (Å²) < 4.78 is 5.44. The van der Waals surface area contributed by atoms with Crippen LogP contribution in [0.4, 0.5) is 4.79 Å². The van der Waals surface area contributed by atoms with Crippen LogP contribution >= 0.6 is 0 Å². The van der Waals surface area contributed by atoms with Crippen LogP contribution in [0.2, 0.25) is 0 Å². The second-order valence-electron chi connectivity index (χ2n) is 7.55. The first-order valence-electron chi connectivity index (χ1n) is 10.1. The Labute approximate surface area is 180 Å². The first kappa shape index (κ1) is 22.3. The highest BCUT2D eigenvalue weighted by Crippen LogP contribution is 2.44. The van der Waals surface area contributed by atoms with Crippen molar-refractivity contribution in [3.05, 3.63) is 59.7 Å². The van der Waals surface area contributed by atoms with E-state index in [1.807, 2.05) is 36.4 Å². The lowest BCUT2D eigenvalue weighted by Gasteiger charge is -2.18. The van der Waals surface area contributed by atoms with Crippen LogP contribution in [0.5, 0.6) is 0 Å². The minimum Gasteiger partial charge on any atom is -0.480 e. The van der Waals surface area contributed by atoms with Crippen molar-refractivity contribution in [1.82, 2.24) is 10.6 Å². The summed E-state index contributed by atoms with van der Waals surface area (Å²) in [5, 5.41) is 22.8. The van der Waals surface area contributed by atoms with Gasteiger partial charge in [-0.25, -0.2) is 9.59 Å². The molecule has 0 saturated carbocycles. The maximum atomic E-state index is 12.3. The third-order valence-electron chi connectivity index (χ3n) is 5.25. The summed E-state index contributed by atoms with van der Waals surface area (Å²) in [5.74, 6) is -1.82. The predicted octanol–water partition coefficient (Wildman–Crippen LogP) is 2.26. The van der Waals surface area contributed by atoms with Gasteiger partial charge in [0.1, 0.15) is 12.6 Å². The number of nitrogens with one attached hydrogen (secondary N) is 2. The van der Waals surface area contributed by atoms with E-state index in [-0.39, 0.29) is 32.0 Å². The summed E-state index contributed by atoms with van der Waals surface area (Å²) in [6.07, 6.45) is -0.846. The number of carbonyl (C=O) groups excluding carboxylic acids is 2. The molecule has 2 aromatic rings. The zero-order valence-electron chi connectivity index (χ0n) is 17.2. The van der Waals surface area contributed by atoms with Crippen LogP contribution in [0, 0.1) is 0 Å². The fraction of sp³-hybridized carbons (Fsp3) is 0.348. The summed E-state index contributed by atoms with van der Waals surface area (Å²) in [6.45, 7) is 1.43. The van der Waals surface area contributed by atoms with Crippen molar-refractivity contribution in [1.29, 1.82) is 0 Å². The number of amides is 2. The second kappa shape index (κ2) is 10.1. The van der Waals surface area contributed by atoms with Crippen molar-refractivity contribution >= 4 is 18.0 Å². The largest absolute Gasteiger partial charge is 0.480 e. The van der Waals surface area contributed by atoms with Crippen LogP contribution in [0.3, 0.4) is 0 Å². The average molecular weight is 426 g/mol. The average Bonchev–Trinajstić information content (AvgIpc) is 3.05. The Balaban J connectivity index is 1.52. The van der Waals surface area contributed by atoms with Crippen molar-refractivity contribution in [2.45, 2.75) is 37.8 Å². The molecule has 3 rings (SSSR count). The number of aliphatic carboxylic acids is 1. The summed E-state index contributed by atoms with van der Waals surface area (Å²) in [5.41, 5.74) is 4.47. The first-order chi connectivity index (χ1) is 14.9. The number of carbonyl (C=O) groups is 3. The number of hydrogen-bond acceptors (Lipinski definition) is 5. The van der Waals surface area contributed by atoms with Gasteiger partial charge in [0, 0.05) is 31.4 Å². The van der Waals surface area contributed by atoms with E-state index in [9.17, 15) is 14.4 Å². The second-order valence-corrected chi connectivity index (χ2v) is 7.55. The van der Waals surface area contributed by atoms with Crippen LogP contribution in [0.25, 0.3) is 11.1 Å². The van der Waals surface area contributed by atoms with E-state index in [4.69, 9.17) is 14.9 Å². The van der Waals surface area contributed by atoms with Gasteiger partial charge in [-0.05, 0) is 29.2 Å². The van der Waals surface area contributed by atoms with Crippen molar-refractivity contribution in [2.24, 2.45) is 0 Å². The van der Waals surface area contributed by atoms with E-state index >= 15 is 0 Å². The molecule has 0 radical (unpaired) electrons. The molecule has 2 amide bonds. The van der Waals surface area contributed by atoms with Gasteiger partial charge in [-0.2, -0.15) is 0 Å². The van der Waals surface area contributed by atoms with Crippen molar-refractivity contribution in [3.63, 3.8) is 0 Å². The molecule has 0 fully saturated rings. The van der Waals surface area contributed by atoms with Crippen LogP contribution < -0.4 is 10.6 Å². The highest BCUT2D eigenvalue weighted by Gasteiger charge is 2.29. The van der Waals surface area contributed by atoms with Crippen LogP contribution in [-0.4, -0.2) is 53.5 Å². The van der Waals surface area contributed by atoms with Gasteiger partial charge in [0.05, 0.1) is 0 Å². The molecule has 8 heteroatoms. The molecule has 8 nitrogen and oxygen atoms in total. The third-order valence-corrected chi connectivity index (χ3v) is 5.25. The number of aliphatic hydroxyl groups excluding tert-OH is 1. The van der Waals surface area contributed by atoms with E-state index in [1.165, 1.54) is 0 Å². The van der Waals surface area contributed by atoms with E-state index in [2.05, 4.69) is 22.8 Å². The first-order valence-corrected chi connectivity index (χ1v) is 10.1. The summed E-state index contributed by atoms with van der Waals surface area (Å²) in [6, 6.07) is 14.3. The van der Waals surface area contributed by atoms with E-state index < -0.39 is 30.1 Å². The Bertz CT molecular complexity index is 915. The van der Waals surface area contributed by atoms with Crippen LogP contribution in [0.15, 0.2) is 48.5 Å². The Morgan fingerprint density at radius 3 is 2.13 bits per heavy atom. The summed E-state index contributed by atoms with van der Waals surface area (Å²) >= 11 is 0. The van der Waals surface area contributed by atoms with Crippen LogP contribution in [0.1, 0.15) is 36.8 Å². The number of rotatable bonds is 9. The molecule has 31 heavy (non-hydrogen) atoms. The van der Waals surface area contributed by atoms with E-state index in [0.29, 0.717) is 0 Å². The molecule has 0 spiro atoms.